The summed E-state index contributed by atoms with van der Waals surface area (Å²) in [6.07, 6.45) is 15.3. The third kappa shape index (κ3) is 2.80. The molecule has 2 aromatic heterocycles. The van der Waals surface area contributed by atoms with Crippen molar-refractivity contribution in [1.82, 2.24) is 14.6 Å². The highest BCUT2D eigenvalue weighted by molar-refractivity contribution is 6.33. The van der Waals surface area contributed by atoms with Gasteiger partial charge in [-0.1, -0.05) is 30.9 Å². The van der Waals surface area contributed by atoms with Gasteiger partial charge >= 0.3 is 0 Å². The van der Waals surface area contributed by atoms with E-state index in [4.69, 9.17) is 22.3 Å². The molecule has 2 heterocycles. The Morgan fingerprint density at radius 2 is 2.04 bits per heavy atom. The van der Waals surface area contributed by atoms with Crippen LogP contribution < -0.4 is 11.1 Å². The van der Waals surface area contributed by atoms with Crippen LogP contribution in [0.3, 0.4) is 0 Å². The second kappa shape index (κ2) is 6.38. The summed E-state index contributed by atoms with van der Waals surface area (Å²) in [6.45, 7) is 0. The molecule has 3 aliphatic carbocycles. The SMILES string of the molecule is N[C@@H]1CC[C@@H](Nc2c3c(nc4c(Cl)cnn24)CC2(CCCCC2)CC3)C1. The quantitative estimate of drug-likeness (QED) is 0.831. The molecule has 0 aromatic carbocycles. The molecular formula is C20H28ClN5. The lowest BCUT2D eigenvalue weighted by Crippen LogP contribution is -2.33. The maximum atomic E-state index is 6.41. The summed E-state index contributed by atoms with van der Waals surface area (Å²) >= 11 is 6.41. The Hall–Kier alpha value is -1.33. The lowest BCUT2D eigenvalue weighted by Gasteiger charge is -2.41. The summed E-state index contributed by atoms with van der Waals surface area (Å²) in [5.74, 6) is 1.11. The summed E-state index contributed by atoms with van der Waals surface area (Å²) in [5, 5.41) is 8.93. The molecule has 2 atom stereocenters. The summed E-state index contributed by atoms with van der Waals surface area (Å²) in [5.41, 5.74) is 10.00. The molecule has 6 heteroatoms. The lowest BCUT2D eigenvalue weighted by atomic mass is 9.65. The molecule has 0 bridgehead atoms. The van der Waals surface area contributed by atoms with Crippen molar-refractivity contribution in [1.29, 1.82) is 0 Å². The molecule has 2 fully saturated rings. The molecule has 26 heavy (non-hydrogen) atoms. The van der Waals surface area contributed by atoms with Crippen molar-refractivity contribution in [3.8, 4) is 0 Å². The first-order valence-corrected chi connectivity index (χ1v) is 10.6. The van der Waals surface area contributed by atoms with Gasteiger partial charge < -0.3 is 11.1 Å². The van der Waals surface area contributed by atoms with E-state index in [2.05, 4.69) is 10.4 Å². The van der Waals surface area contributed by atoms with Crippen LogP contribution in [0.15, 0.2) is 6.20 Å². The van der Waals surface area contributed by atoms with E-state index in [9.17, 15) is 0 Å². The summed E-state index contributed by atoms with van der Waals surface area (Å²) < 4.78 is 1.92. The van der Waals surface area contributed by atoms with Gasteiger partial charge in [-0.3, -0.25) is 0 Å². The first-order chi connectivity index (χ1) is 12.6. The zero-order valence-electron chi connectivity index (χ0n) is 15.3. The van der Waals surface area contributed by atoms with E-state index in [0.717, 1.165) is 43.6 Å². The number of aromatic nitrogens is 3. The maximum absolute atomic E-state index is 6.41. The second-order valence-electron chi connectivity index (χ2n) is 8.77. The Kier molecular flexibility index (Phi) is 4.13. The van der Waals surface area contributed by atoms with Crippen LogP contribution in [0.4, 0.5) is 5.82 Å². The fraction of sp³-hybridized carbons (Fsp3) is 0.700. The Morgan fingerprint density at radius 3 is 2.81 bits per heavy atom. The molecule has 0 saturated heterocycles. The lowest BCUT2D eigenvalue weighted by molar-refractivity contribution is 0.160. The van der Waals surface area contributed by atoms with Crippen molar-refractivity contribution >= 4 is 23.1 Å². The fourth-order valence-corrected chi connectivity index (χ4v) is 5.67. The Morgan fingerprint density at radius 1 is 1.19 bits per heavy atom. The van der Waals surface area contributed by atoms with Gasteiger partial charge in [-0.25, -0.2) is 4.98 Å². The van der Waals surface area contributed by atoms with E-state index in [1.54, 1.807) is 6.20 Å². The Balaban J connectivity index is 1.56. The van der Waals surface area contributed by atoms with Gasteiger partial charge in [0.05, 0.1) is 11.9 Å². The van der Waals surface area contributed by atoms with Gasteiger partial charge in [0.25, 0.3) is 0 Å². The minimum absolute atomic E-state index is 0.312. The van der Waals surface area contributed by atoms with Crippen LogP contribution in [-0.4, -0.2) is 26.7 Å². The Bertz CT molecular complexity index is 823. The van der Waals surface area contributed by atoms with Crippen LogP contribution in [0.25, 0.3) is 5.65 Å². The number of fused-ring (bicyclic) bond motifs is 2. The summed E-state index contributed by atoms with van der Waals surface area (Å²) in [7, 11) is 0. The van der Waals surface area contributed by atoms with E-state index >= 15 is 0 Å². The highest BCUT2D eigenvalue weighted by atomic mass is 35.5. The fourth-order valence-electron chi connectivity index (χ4n) is 5.51. The number of rotatable bonds is 2. The van der Waals surface area contributed by atoms with E-state index in [0.29, 0.717) is 22.5 Å². The molecule has 0 aliphatic heterocycles. The van der Waals surface area contributed by atoms with Crippen LogP contribution >= 0.6 is 11.6 Å². The predicted octanol–water partition coefficient (Wildman–Crippen LogP) is 4.11. The minimum Gasteiger partial charge on any atom is -0.367 e. The molecule has 2 aromatic rings. The second-order valence-corrected chi connectivity index (χ2v) is 9.17. The van der Waals surface area contributed by atoms with Gasteiger partial charge in [-0.2, -0.15) is 9.61 Å². The molecule has 140 valence electrons. The van der Waals surface area contributed by atoms with Gasteiger partial charge in [-0.05, 0) is 56.8 Å². The summed E-state index contributed by atoms with van der Waals surface area (Å²) in [6, 6.07) is 0.737. The molecule has 3 aliphatic rings. The normalized spacial score (nSPS) is 27.8. The molecule has 0 amide bonds. The van der Waals surface area contributed by atoms with Gasteiger partial charge in [0, 0.05) is 17.6 Å². The highest BCUT2D eigenvalue weighted by Crippen LogP contribution is 2.47. The summed E-state index contributed by atoms with van der Waals surface area (Å²) in [4.78, 5) is 4.98. The van der Waals surface area contributed by atoms with Crippen LogP contribution in [0, 0.1) is 5.41 Å². The number of halogens is 1. The minimum atomic E-state index is 0.312. The topological polar surface area (TPSA) is 68.2 Å². The zero-order chi connectivity index (χ0) is 17.7. The Labute approximate surface area is 159 Å². The van der Waals surface area contributed by atoms with Crippen molar-refractivity contribution in [2.75, 3.05) is 5.32 Å². The smallest absolute Gasteiger partial charge is 0.176 e. The molecule has 5 nitrogen and oxygen atoms in total. The highest BCUT2D eigenvalue weighted by Gasteiger charge is 2.38. The molecule has 5 rings (SSSR count). The van der Waals surface area contributed by atoms with E-state index in [1.807, 2.05) is 4.52 Å². The molecule has 1 spiro atoms. The van der Waals surface area contributed by atoms with Crippen molar-refractivity contribution in [3.63, 3.8) is 0 Å². The standard InChI is InChI=1S/C20H28ClN5/c21-16-12-23-26-18(24-14-5-4-13(22)10-14)15-6-9-20(7-2-1-3-8-20)11-17(15)25-19(16)26/h12-14,24H,1-11,22H2/t13-,14-/m1/s1. The zero-order valence-corrected chi connectivity index (χ0v) is 16.1. The molecule has 3 N–H and O–H groups in total. The number of hydrogen-bond donors (Lipinski definition) is 2. The number of anilines is 1. The number of nitrogens with zero attached hydrogens (tertiary/aromatic N) is 3. The third-order valence-electron chi connectivity index (χ3n) is 6.96. The van der Waals surface area contributed by atoms with Gasteiger partial charge in [0.2, 0.25) is 0 Å². The molecule has 0 unspecified atom stereocenters. The maximum Gasteiger partial charge on any atom is 0.176 e. The number of hydrogen-bond acceptors (Lipinski definition) is 4. The van der Waals surface area contributed by atoms with Crippen molar-refractivity contribution in [3.05, 3.63) is 22.5 Å². The number of nitrogens with two attached hydrogens (primary N) is 1. The van der Waals surface area contributed by atoms with Crippen LogP contribution in [0.5, 0.6) is 0 Å². The van der Waals surface area contributed by atoms with E-state index in [-0.39, 0.29) is 0 Å². The third-order valence-corrected chi connectivity index (χ3v) is 7.23. The first kappa shape index (κ1) is 16.8. The largest absolute Gasteiger partial charge is 0.367 e. The van der Waals surface area contributed by atoms with E-state index < -0.39 is 0 Å². The molecule has 0 radical (unpaired) electrons. The van der Waals surface area contributed by atoms with Gasteiger partial charge in [0.15, 0.2) is 5.65 Å². The van der Waals surface area contributed by atoms with Crippen LogP contribution in [-0.2, 0) is 12.8 Å². The van der Waals surface area contributed by atoms with Crippen molar-refractivity contribution < 1.29 is 0 Å². The molecular weight excluding hydrogens is 346 g/mol. The van der Waals surface area contributed by atoms with Crippen LogP contribution in [0.2, 0.25) is 5.02 Å². The van der Waals surface area contributed by atoms with Gasteiger partial charge in [-0.15, -0.1) is 0 Å². The van der Waals surface area contributed by atoms with Crippen LogP contribution in [0.1, 0.15) is 69.0 Å². The average Bonchev–Trinajstić information content (AvgIpc) is 3.21. The van der Waals surface area contributed by atoms with E-state index in [1.165, 1.54) is 49.8 Å². The number of nitrogens with one attached hydrogen (secondary N) is 1. The van der Waals surface area contributed by atoms with Crippen molar-refractivity contribution in [2.24, 2.45) is 11.1 Å². The predicted molar refractivity (Wildman–Crippen MR) is 105 cm³/mol. The monoisotopic (exact) mass is 373 g/mol. The first-order valence-electron chi connectivity index (χ1n) is 10.2. The molecule has 2 saturated carbocycles. The van der Waals surface area contributed by atoms with Gasteiger partial charge in [0.1, 0.15) is 10.8 Å². The van der Waals surface area contributed by atoms with Crippen molar-refractivity contribution in [2.45, 2.75) is 82.7 Å². The average molecular weight is 374 g/mol.